The lowest BCUT2D eigenvalue weighted by atomic mass is 10.2. The first-order valence-electron chi connectivity index (χ1n) is 8.96. The van der Waals surface area contributed by atoms with Crippen LogP contribution in [0, 0.1) is 0 Å². The monoisotopic (exact) mass is 422 g/mol. The number of primary sulfonamides is 1. The van der Waals surface area contributed by atoms with E-state index in [1.54, 1.807) is 12.1 Å². The molecule has 0 saturated heterocycles. The molecular formula is C20H18N6O3S. The summed E-state index contributed by atoms with van der Waals surface area (Å²) in [6.07, 6.45) is 0. The zero-order valence-electron chi connectivity index (χ0n) is 15.7. The minimum Gasteiger partial charge on any atom is -0.423 e. The molecule has 0 radical (unpaired) electrons. The molecule has 4 aromatic rings. The number of tetrazole rings is 1. The maximum absolute atomic E-state index is 11.3. The lowest BCUT2D eigenvalue weighted by Crippen LogP contribution is -2.12. The van der Waals surface area contributed by atoms with E-state index in [1.165, 1.54) is 16.8 Å². The molecule has 0 unspecified atom stereocenters. The van der Waals surface area contributed by atoms with Gasteiger partial charge in [0.05, 0.1) is 10.6 Å². The molecule has 0 atom stereocenters. The summed E-state index contributed by atoms with van der Waals surface area (Å²) in [7, 11) is -3.70. The molecule has 1 aromatic heterocycles. The number of ether oxygens (including phenoxy) is 1. The largest absolute Gasteiger partial charge is 0.423 e. The van der Waals surface area contributed by atoms with Crippen LogP contribution in [-0.4, -0.2) is 28.6 Å². The van der Waals surface area contributed by atoms with E-state index in [0.29, 0.717) is 12.3 Å². The van der Waals surface area contributed by atoms with Gasteiger partial charge in [0.25, 0.3) is 0 Å². The van der Waals surface area contributed by atoms with Crippen LogP contribution >= 0.6 is 0 Å². The molecular weight excluding hydrogens is 404 g/mol. The fraction of sp³-hybridized carbons (Fsp3) is 0.0500. The number of benzene rings is 3. The molecule has 0 aliphatic carbocycles. The third-order valence-electron chi connectivity index (χ3n) is 4.23. The summed E-state index contributed by atoms with van der Waals surface area (Å²) in [5.74, 6) is 0.589. The minimum atomic E-state index is -3.70. The molecule has 0 saturated carbocycles. The molecule has 9 nitrogen and oxygen atoms in total. The summed E-state index contributed by atoms with van der Waals surface area (Å²) in [6.45, 7) is 0.509. The number of hydrogen-bond acceptors (Lipinski definition) is 7. The first kappa shape index (κ1) is 19.6. The molecule has 0 amide bonds. The van der Waals surface area contributed by atoms with Gasteiger partial charge in [0.1, 0.15) is 5.75 Å². The number of anilines is 1. The lowest BCUT2D eigenvalue weighted by Gasteiger charge is -2.10. The third kappa shape index (κ3) is 4.62. The summed E-state index contributed by atoms with van der Waals surface area (Å²) in [4.78, 5) is 0.0691. The maximum Gasteiger partial charge on any atom is 0.345 e. The Morgan fingerprint density at radius 3 is 2.47 bits per heavy atom. The van der Waals surface area contributed by atoms with Crippen LogP contribution in [0.15, 0.2) is 83.8 Å². The van der Waals surface area contributed by atoms with Gasteiger partial charge in [-0.05, 0) is 64.5 Å². The normalized spacial score (nSPS) is 11.2. The second-order valence-corrected chi connectivity index (χ2v) is 7.94. The molecule has 0 bridgehead atoms. The Kier molecular flexibility index (Phi) is 5.42. The molecule has 152 valence electrons. The highest BCUT2D eigenvalue weighted by atomic mass is 32.2. The number of rotatable bonds is 7. The van der Waals surface area contributed by atoms with Crippen molar-refractivity contribution in [2.75, 3.05) is 5.32 Å². The van der Waals surface area contributed by atoms with Crippen molar-refractivity contribution in [2.24, 2.45) is 5.14 Å². The Balaban J connectivity index is 1.45. The van der Waals surface area contributed by atoms with Gasteiger partial charge in [0.15, 0.2) is 0 Å². The van der Waals surface area contributed by atoms with Crippen LogP contribution in [0.25, 0.3) is 5.69 Å². The number of hydrogen-bond donors (Lipinski definition) is 2. The first-order valence-corrected chi connectivity index (χ1v) is 10.5. The Morgan fingerprint density at radius 1 is 0.967 bits per heavy atom. The molecule has 3 N–H and O–H groups in total. The SMILES string of the molecule is NS(=O)(=O)c1ccc(NCc2cccc(Oc3nnnn3-c3ccccc3)c2)cc1. The van der Waals surface area contributed by atoms with Crippen molar-refractivity contribution < 1.29 is 13.2 Å². The van der Waals surface area contributed by atoms with Crippen molar-refractivity contribution >= 4 is 15.7 Å². The van der Waals surface area contributed by atoms with E-state index in [9.17, 15) is 8.42 Å². The van der Waals surface area contributed by atoms with E-state index in [0.717, 1.165) is 16.9 Å². The van der Waals surface area contributed by atoms with Crippen molar-refractivity contribution in [1.82, 2.24) is 20.2 Å². The predicted octanol–water partition coefficient (Wildman–Crippen LogP) is 2.71. The van der Waals surface area contributed by atoms with Crippen LogP contribution < -0.4 is 15.2 Å². The summed E-state index contributed by atoms with van der Waals surface area (Å²) >= 11 is 0. The number of para-hydroxylation sites is 1. The van der Waals surface area contributed by atoms with Gasteiger partial charge >= 0.3 is 6.01 Å². The molecule has 0 spiro atoms. The van der Waals surface area contributed by atoms with Crippen molar-refractivity contribution in [3.05, 3.63) is 84.4 Å². The van der Waals surface area contributed by atoms with E-state index >= 15 is 0 Å². The van der Waals surface area contributed by atoms with Crippen molar-refractivity contribution in [3.63, 3.8) is 0 Å². The molecule has 0 fully saturated rings. The number of aromatic nitrogens is 4. The number of nitrogens with one attached hydrogen (secondary N) is 1. The van der Waals surface area contributed by atoms with Crippen molar-refractivity contribution in [2.45, 2.75) is 11.4 Å². The Morgan fingerprint density at radius 2 is 1.73 bits per heavy atom. The van der Waals surface area contributed by atoms with Gasteiger partial charge in [-0.1, -0.05) is 35.4 Å². The van der Waals surface area contributed by atoms with E-state index in [2.05, 4.69) is 20.8 Å². The van der Waals surface area contributed by atoms with Gasteiger partial charge in [-0.25, -0.2) is 13.6 Å². The standard InChI is InChI=1S/C20H18N6O3S/c21-30(27,28)19-11-9-16(10-12-19)22-14-15-5-4-8-18(13-15)29-20-23-24-25-26(20)17-6-2-1-3-7-17/h1-13,22H,14H2,(H2,21,27,28). The third-order valence-corrected chi connectivity index (χ3v) is 5.16. The maximum atomic E-state index is 11.3. The van der Waals surface area contributed by atoms with Gasteiger partial charge < -0.3 is 10.1 Å². The summed E-state index contributed by atoms with van der Waals surface area (Å²) in [6, 6.07) is 23.4. The van der Waals surface area contributed by atoms with Crippen LogP contribution in [0.3, 0.4) is 0 Å². The van der Waals surface area contributed by atoms with Crippen LogP contribution in [0.2, 0.25) is 0 Å². The second-order valence-electron chi connectivity index (χ2n) is 6.38. The first-order chi connectivity index (χ1) is 14.5. The fourth-order valence-corrected chi connectivity index (χ4v) is 3.28. The van der Waals surface area contributed by atoms with Crippen LogP contribution in [0.1, 0.15) is 5.56 Å². The van der Waals surface area contributed by atoms with E-state index < -0.39 is 10.0 Å². The molecule has 0 aliphatic heterocycles. The highest BCUT2D eigenvalue weighted by Gasteiger charge is 2.11. The predicted molar refractivity (Wildman–Crippen MR) is 111 cm³/mol. The Bertz CT molecular complexity index is 1240. The van der Waals surface area contributed by atoms with E-state index in [4.69, 9.17) is 9.88 Å². The average Bonchev–Trinajstić information content (AvgIpc) is 3.21. The van der Waals surface area contributed by atoms with Crippen molar-refractivity contribution in [1.29, 1.82) is 0 Å². The van der Waals surface area contributed by atoms with Gasteiger partial charge in [-0.3, -0.25) is 0 Å². The number of nitrogens with zero attached hydrogens (tertiary/aromatic N) is 4. The highest BCUT2D eigenvalue weighted by molar-refractivity contribution is 7.89. The van der Waals surface area contributed by atoms with E-state index in [-0.39, 0.29) is 10.9 Å². The fourth-order valence-electron chi connectivity index (χ4n) is 2.76. The molecule has 0 aliphatic rings. The van der Waals surface area contributed by atoms with Crippen LogP contribution in [0.5, 0.6) is 11.8 Å². The summed E-state index contributed by atoms with van der Waals surface area (Å²) < 4.78 is 30.0. The lowest BCUT2D eigenvalue weighted by molar-refractivity contribution is 0.427. The Hall–Kier alpha value is -3.76. The van der Waals surface area contributed by atoms with Gasteiger partial charge in [-0.2, -0.15) is 4.68 Å². The average molecular weight is 422 g/mol. The zero-order valence-corrected chi connectivity index (χ0v) is 16.5. The molecule has 1 heterocycles. The van der Waals surface area contributed by atoms with Gasteiger partial charge in [-0.15, -0.1) is 0 Å². The van der Waals surface area contributed by atoms with Gasteiger partial charge in [0, 0.05) is 12.2 Å². The smallest absolute Gasteiger partial charge is 0.345 e. The van der Waals surface area contributed by atoms with Gasteiger partial charge in [0.2, 0.25) is 10.0 Å². The second kappa shape index (κ2) is 8.31. The summed E-state index contributed by atoms with van der Waals surface area (Å²) in [5, 5.41) is 19.9. The number of sulfonamides is 1. The van der Waals surface area contributed by atoms with Crippen molar-refractivity contribution in [3.8, 4) is 17.4 Å². The topological polar surface area (TPSA) is 125 Å². The Labute approximate surface area is 173 Å². The van der Waals surface area contributed by atoms with Crippen LogP contribution in [0.4, 0.5) is 5.69 Å². The van der Waals surface area contributed by atoms with Crippen LogP contribution in [-0.2, 0) is 16.6 Å². The molecule has 10 heteroatoms. The molecule has 4 rings (SSSR count). The minimum absolute atomic E-state index is 0.0691. The number of nitrogens with two attached hydrogens (primary N) is 1. The van der Waals surface area contributed by atoms with E-state index in [1.807, 2.05) is 54.6 Å². The summed E-state index contributed by atoms with van der Waals surface area (Å²) in [5.41, 5.74) is 2.52. The zero-order chi connectivity index (χ0) is 21.0. The quantitative estimate of drug-likeness (QED) is 0.469. The molecule has 30 heavy (non-hydrogen) atoms. The highest BCUT2D eigenvalue weighted by Crippen LogP contribution is 2.22. The molecule has 3 aromatic carbocycles.